The predicted octanol–water partition coefficient (Wildman–Crippen LogP) is 5.60. The minimum Gasteiger partial charge on any atom is -0.459 e. The number of rotatable bonds is 3. The second-order valence-corrected chi connectivity index (χ2v) is 10.3. The van der Waals surface area contributed by atoms with E-state index in [9.17, 15) is 4.79 Å². The second kappa shape index (κ2) is 4.99. The number of carbonyl (C=O) groups excluding carboxylic acids is 1. The topological polar surface area (TPSA) is 26.3 Å². The van der Waals surface area contributed by atoms with Crippen molar-refractivity contribution in [1.29, 1.82) is 0 Å². The van der Waals surface area contributed by atoms with E-state index >= 15 is 0 Å². The van der Waals surface area contributed by atoms with E-state index in [-0.39, 0.29) is 22.4 Å². The highest BCUT2D eigenvalue weighted by Crippen LogP contribution is 2.73. The van der Waals surface area contributed by atoms with Gasteiger partial charge < -0.3 is 4.74 Å². The van der Waals surface area contributed by atoms with Gasteiger partial charge in [-0.05, 0) is 82.0 Å². The fourth-order valence-electron chi connectivity index (χ4n) is 6.47. The van der Waals surface area contributed by atoms with Crippen molar-refractivity contribution in [2.45, 2.75) is 92.6 Å². The number of hydrogen-bond acceptors (Lipinski definition) is 2. The zero-order valence-corrected chi connectivity index (χ0v) is 16.3. The summed E-state index contributed by atoms with van der Waals surface area (Å²) in [6, 6.07) is 0. The maximum absolute atomic E-state index is 12.7. The Morgan fingerprint density at radius 1 is 1.13 bits per heavy atom. The molecule has 0 aromatic heterocycles. The normalized spacial score (nSPS) is 44.9. The monoisotopic (exact) mass is 320 g/mol. The molecule has 0 saturated heterocycles. The van der Waals surface area contributed by atoms with Crippen LogP contribution in [0.5, 0.6) is 0 Å². The lowest BCUT2D eigenvalue weighted by atomic mass is 9.64. The average molecular weight is 321 g/mol. The largest absolute Gasteiger partial charge is 0.459 e. The molecule has 0 aliphatic heterocycles. The van der Waals surface area contributed by atoms with E-state index in [0.717, 1.165) is 24.7 Å². The Kier molecular flexibility index (Phi) is 3.75. The Balaban J connectivity index is 1.89. The SMILES string of the molecule is CCC(C)(C)C(=O)O[C@]1(C)CC[C@@]23C[C@@H]1C(C)(C)C2CCC3C. The van der Waals surface area contributed by atoms with Gasteiger partial charge in [0.05, 0.1) is 5.41 Å². The maximum atomic E-state index is 12.7. The van der Waals surface area contributed by atoms with Crippen LogP contribution < -0.4 is 0 Å². The van der Waals surface area contributed by atoms with Crippen LogP contribution in [0.2, 0.25) is 0 Å². The van der Waals surface area contributed by atoms with Gasteiger partial charge in [0.2, 0.25) is 0 Å². The number of hydrogen-bond donors (Lipinski definition) is 0. The van der Waals surface area contributed by atoms with Crippen molar-refractivity contribution < 1.29 is 9.53 Å². The summed E-state index contributed by atoms with van der Waals surface area (Å²) < 4.78 is 6.26. The highest BCUT2D eigenvalue weighted by atomic mass is 16.6. The van der Waals surface area contributed by atoms with Crippen LogP contribution in [-0.4, -0.2) is 11.6 Å². The van der Waals surface area contributed by atoms with Gasteiger partial charge >= 0.3 is 5.97 Å². The Labute approximate surface area is 142 Å². The molecule has 2 heteroatoms. The third kappa shape index (κ3) is 2.23. The van der Waals surface area contributed by atoms with Crippen molar-refractivity contribution >= 4 is 5.97 Å². The molecular weight excluding hydrogens is 284 g/mol. The van der Waals surface area contributed by atoms with E-state index < -0.39 is 0 Å². The van der Waals surface area contributed by atoms with Gasteiger partial charge in [-0.1, -0.05) is 27.7 Å². The lowest BCUT2D eigenvalue weighted by Crippen LogP contribution is -2.49. The van der Waals surface area contributed by atoms with Gasteiger partial charge in [-0.2, -0.15) is 0 Å². The molecule has 0 N–H and O–H groups in total. The third-order valence-electron chi connectivity index (χ3n) is 8.53. The van der Waals surface area contributed by atoms with E-state index in [0.29, 0.717) is 11.3 Å². The van der Waals surface area contributed by atoms with E-state index in [2.05, 4.69) is 34.6 Å². The predicted molar refractivity (Wildman–Crippen MR) is 94.0 cm³/mol. The molecule has 0 radical (unpaired) electrons. The minimum absolute atomic E-state index is 0.000595. The third-order valence-corrected chi connectivity index (χ3v) is 8.53. The van der Waals surface area contributed by atoms with Gasteiger partial charge in [0.15, 0.2) is 0 Å². The summed E-state index contributed by atoms with van der Waals surface area (Å²) in [5.41, 5.74) is 0.166. The minimum atomic E-state index is -0.371. The van der Waals surface area contributed by atoms with Gasteiger partial charge in [0, 0.05) is 5.92 Å². The number of ether oxygens (including phenoxy) is 1. The van der Waals surface area contributed by atoms with E-state index in [1.165, 1.54) is 25.7 Å². The Morgan fingerprint density at radius 2 is 1.78 bits per heavy atom. The van der Waals surface area contributed by atoms with Crippen LogP contribution in [0.15, 0.2) is 0 Å². The fraction of sp³-hybridized carbons (Fsp3) is 0.952. The summed E-state index contributed by atoms with van der Waals surface area (Å²) in [5, 5.41) is 0. The standard InChI is InChI=1S/C21H36O2/c1-8-18(3,4)17(22)23-20(7)11-12-21-13-16(20)19(5,6)15(21)10-9-14(21)2/h14-16H,8-13H2,1-7H3/t14?,15?,16-,20-,21+/m1/s1. The molecule has 23 heavy (non-hydrogen) atoms. The van der Waals surface area contributed by atoms with Crippen LogP contribution in [0.4, 0.5) is 0 Å². The van der Waals surface area contributed by atoms with Gasteiger partial charge in [0.1, 0.15) is 5.60 Å². The van der Waals surface area contributed by atoms with Crippen molar-refractivity contribution in [1.82, 2.24) is 0 Å². The molecule has 0 heterocycles. The molecule has 3 saturated carbocycles. The summed E-state index contributed by atoms with van der Waals surface area (Å²) in [6.45, 7) is 15.7. The molecule has 2 unspecified atom stereocenters. The number of esters is 1. The van der Waals surface area contributed by atoms with E-state index in [1.54, 1.807) is 0 Å². The first-order valence-electron chi connectivity index (χ1n) is 9.73. The van der Waals surface area contributed by atoms with Gasteiger partial charge in [0.25, 0.3) is 0 Å². The smallest absolute Gasteiger partial charge is 0.312 e. The number of carbonyl (C=O) groups is 1. The second-order valence-electron chi connectivity index (χ2n) is 10.3. The van der Waals surface area contributed by atoms with Gasteiger partial charge in [-0.15, -0.1) is 0 Å². The molecule has 1 spiro atoms. The summed E-state index contributed by atoms with van der Waals surface area (Å²) in [7, 11) is 0. The van der Waals surface area contributed by atoms with Crippen molar-refractivity contribution in [2.75, 3.05) is 0 Å². The summed E-state index contributed by atoms with van der Waals surface area (Å²) in [6.07, 6.45) is 7.15. The average Bonchev–Trinajstić information content (AvgIpc) is 2.89. The molecule has 0 amide bonds. The van der Waals surface area contributed by atoms with Crippen molar-refractivity contribution in [3.05, 3.63) is 0 Å². The van der Waals surface area contributed by atoms with Crippen LogP contribution >= 0.6 is 0 Å². The van der Waals surface area contributed by atoms with E-state index in [4.69, 9.17) is 4.74 Å². The summed E-state index contributed by atoms with van der Waals surface area (Å²) in [4.78, 5) is 12.7. The molecule has 3 fully saturated rings. The molecular formula is C21H36O2. The van der Waals surface area contributed by atoms with E-state index in [1.807, 2.05) is 13.8 Å². The van der Waals surface area contributed by atoms with Crippen LogP contribution in [-0.2, 0) is 9.53 Å². The highest BCUT2D eigenvalue weighted by molar-refractivity contribution is 5.76. The van der Waals surface area contributed by atoms with Crippen molar-refractivity contribution in [2.24, 2.45) is 34.0 Å². The Bertz CT molecular complexity index is 506. The first-order chi connectivity index (χ1) is 10.5. The number of fused-ring (bicyclic) bond motifs is 1. The van der Waals surface area contributed by atoms with Crippen LogP contribution in [0.1, 0.15) is 87.0 Å². The van der Waals surface area contributed by atoms with Crippen molar-refractivity contribution in [3.8, 4) is 0 Å². The molecule has 0 aromatic rings. The molecule has 132 valence electrons. The molecule has 2 bridgehead atoms. The first-order valence-corrected chi connectivity index (χ1v) is 9.73. The molecule has 0 aromatic carbocycles. The molecule has 3 aliphatic carbocycles. The lowest BCUT2D eigenvalue weighted by molar-refractivity contribution is -0.184. The van der Waals surface area contributed by atoms with Gasteiger partial charge in [-0.3, -0.25) is 4.79 Å². The molecule has 2 nitrogen and oxygen atoms in total. The summed E-state index contributed by atoms with van der Waals surface area (Å²) >= 11 is 0. The maximum Gasteiger partial charge on any atom is 0.312 e. The van der Waals surface area contributed by atoms with Crippen LogP contribution in [0, 0.1) is 34.0 Å². The zero-order valence-electron chi connectivity index (χ0n) is 16.3. The lowest BCUT2D eigenvalue weighted by Gasteiger charge is -2.47. The molecule has 3 rings (SSSR count). The fourth-order valence-corrected chi connectivity index (χ4v) is 6.47. The summed E-state index contributed by atoms with van der Waals surface area (Å²) in [5.74, 6) is 2.16. The van der Waals surface area contributed by atoms with Crippen LogP contribution in [0.25, 0.3) is 0 Å². The quantitative estimate of drug-likeness (QED) is 0.633. The van der Waals surface area contributed by atoms with Gasteiger partial charge in [-0.25, -0.2) is 0 Å². The Morgan fingerprint density at radius 3 is 2.39 bits per heavy atom. The zero-order chi connectivity index (χ0) is 17.3. The van der Waals surface area contributed by atoms with Crippen LogP contribution in [0.3, 0.4) is 0 Å². The molecule has 5 atom stereocenters. The van der Waals surface area contributed by atoms with Crippen molar-refractivity contribution in [3.63, 3.8) is 0 Å². The molecule has 3 aliphatic rings. The Hall–Kier alpha value is -0.530. The highest BCUT2D eigenvalue weighted by Gasteiger charge is 2.69. The first kappa shape index (κ1) is 17.3.